The summed E-state index contributed by atoms with van der Waals surface area (Å²) in [6, 6.07) is 0.646. The maximum atomic E-state index is 11.1. The summed E-state index contributed by atoms with van der Waals surface area (Å²) in [6.45, 7) is 5.68. The largest absolute Gasteiger partial charge is 0.380 e. The van der Waals surface area contributed by atoms with Gasteiger partial charge in [-0.05, 0) is 32.7 Å². The number of nitrogens with zero attached hydrogens (tertiary/aromatic N) is 1. The first-order valence-electron chi connectivity index (χ1n) is 5.54. The average molecular weight is 197 g/mol. The molecule has 80 valence electrons. The molecule has 2 atom stereocenters. The van der Waals surface area contributed by atoms with Gasteiger partial charge in [-0.2, -0.15) is 0 Å². The van der Waals surface area contributed by atoms with Gasteiger partial charge in [0.1, 0.15) is 6.29 Å². The van der Waals surface area contributed by atoms with Gasteiger partial charge >= 0.3 is 0 Å². The van der Waals surface area contributed by atoms with Crippen molar-refractivity contribution in [2.75, 3.05) is 26.3 Å². The number of hydrogen-bond donors (Lipinski definition) is 0. The van der Waals surface area contributed by atoms with E-state index in [1.54, 1.807) is 0 Å². The number of hydrogen-bond acceptors (Lipinski definition) is 3. The van der Waals surface area contributed by atoms with Gasteiger partial charge in [0.2, 0.25) is 0 Å². The van der Waals surface area contributed by atoms with E-state index in [2.05, 4.69) is 11.8 Å². The zero-order valence-corrected chi connectivity index (χ0v) is 8.87. The Morgan fingerprint density at radius 2 is 2.50 bits per heavy atom. The van der Waals surface area contributed by atoms with Crippen molar-refractivity contribution in [2.24, 2.45) is 5.41 Å². The molecule has 0 saturated carbocycles. The van der Waals surface area contributed by atoms with Gasteiger partial charge in [-0.25, -0.2) is 0 Å². The predicted molar refractivity (Wildman–Crippen MR) is 54.2 cm³/mol. The summed E-state index contributed by atoms with van der Waals surface area (Å²) in [7, 11) is 0. The summed E-state index contributed by atoms with van der Waals surface area (Å²) in [5.74, 6) is 0. The second kappa shape index (κ2) is 3.99. The van der Waals surface area contributed by atoms with Crippen molar-refractivity contribution in [3.8, 4) is 0 Å². The minimum absolute atomic E-state index is 0.196. The van der Waals surface area contributed by atoms with Gasteiger partial charge in [0.15, 0.2) is 0 Å². The van der Waals surface area contributed by atoms with Crippen LogP contribution < -0.4 is 0 Å². The lowest BCUT2D eigenvalue weighted by Crippen LogP contribution is -2.40. The van der Waals surface area contributed by atoms with Gasteiger partial charge in [-0.15, -0.1) is 0 Å². The zero-order valence-electron chi connectivity index (χ0n) is 8.87. The normalized spacial score (nSPS) is 39.1. The molecule has 2 rings (SSSR count). The standard InChI is InChI=1S/C11H19NO2/c1-10-3-2-5-12(10)7-11(8-13)4-6-14-9-11/h8,10H,2-7,9H2,1H3. The minimum Gasteiger partial charge on any atom is -0.380 e. The number of likely N-dealkylation sites (tertiary alicyclic amines) is 1. The molecule has 0 radical (unpaired) electrons. The maximum absolute atomic E-state index is 11.1. The van der Waals surface area contributed by atoms with Gasteiger partial charge in [0, 0.05) is 19.2 Å². The second-order valence-electron chi connectivity index (χ2n) is 4.74. The number of carbonyl (C=O) groups excluding carboxylic acids is 1. The van der Waals surface area contributed by atoms with Crippen molar-refractivity contribution in [1.82, 2.24) is 4.90 Å². The number of aldehydes is 1. The first-order chi connectivity index (χ1) is 6.76. The lowest BCUT2D eigenvalue weighted by atomic mass is 9.88. The molecule has 0 aromatic rings. The van der Waals surface area contributed by atoms with E-state index in [-0.39, 0.29) is 5.41 Å². The quantitative estimate of drug-likeness (QED) is 0.634. The topological polar surface area (TPSA) is 29.5 Å². The van der Waals surface area contributed by atoms with E-state index in [1.165, 1.54) is 12.8 Å². The van der Waals surface area contributed by atoms with Crippen molar-refractivity contribution in [3.05, 3.63) is 0 Å². The Labute approximate surface area is 85.4 Å². The molecule has 0 N–H and O–H groups in total. The third-order valence-corrected chi connectivity index (χ3v) is 3.59. The highest BCUT2D eigenvalue weighted by Crippen LogP contribution is 2.30. The van der Waals surface area contributed by atoms with Gasteiger partial charge in [-0.1, -0.05) is 0 Å². The van der Waals surface area contributed by atoms with Crippen LogP contribution in [-0.4, -0.2) is 43.5 Å². The third-order valence-electron chi connectivity index (χ3n) is 3.59. The van der Waals surface area contributed by atoms with Crippen LogP contribution in [0.1, 0.15) is 26.2 Å². The van der Waals surface area contributed by atoms with Crippen LogP contribution >= 0.6 is 0 Å². The molecule has 3 heteroatoms. The molecule has 2 unspecified atom stereocenters. The van der Waals surface area contributed by atoms with E-state index in [4.69, 9.17) is 4.74 Å². The molecule has 2 heterocycles. The first-order valence-corrected chi connectivity index (χ1v) is 5.54. The third kappa shape index (κ3) is 1.84. The Morgan fingerprint density at radius 1 is 1.64 bits per heavy atom. The lowest BCUT2D eigenvalue weighted by Gasteiger charge is -2.29. The van der Waals surface area contributed by atoms with Gasteiger partial charge in [0.05, 0.1) is 12.0 Å². The van der Waals surface area contributed by atoms with E-state index in [1.807, 2.05) is 0 Å². The molecule has 0 spiro atoms. The van der Waals surface area contributed by atoms with Crippen LogP contribution in [0.25, 0.3) is 0 Å². The van der Waals surface area contributed by atoms with E-state index < -0.39 is 0 Å². The molecule has 2 fully saturated rings. The molecule has 2 aliphatic heterocycles. The van der Waals surface area contributed by atoms with E-state index in [0.29, 0.717) is 12.6 Å². The Morgan fingerprint density at radius 3 is 3.00 bits per heavy atom. The molecule has 3 nitrogen and oxygen atoms in total. The molecular formula is C11H19NO2. The second-order valence-corrected chi connectivity index (χ2v) is 4.74. The molecule has 0 aromatic carbocycles. The van der Waals surface area contributed by atoms with Crippen molar-refractivity contribution in [2.45, 2.75) is 32.2 Å². The van der Waals surface area contributed by atoms with E-state index in [9.17, 15) is 4.79 Å². The molecule has 0 amide bonds. The van der Waals surface area contributed by atoms with Crippen LogP contribution in [-0.2, 0) is 9.53 Å². The highest BCUT2D eigenvalue weighted by Gasteiger charge is 2.38. The monoisotopic (exact) mass is 197 g/mol. The summed E-state index contributed by atoms with van der Waals surface area (Å²) in [4.78, 5) is 13.6. The number of rotatable bonds is 3. The number of carbonyl (C=O) groups is 1. The Bertz CT molecular complexity index is 211. The molecular weight excluding hydrogens is 178 g/mol. The van der Waals surface area contributed by atoms with Crippen molar-refractivity contribution in [3.63, 3.8) is 0 Å². The fourth-order valence-corrected chi connectivity index (χ4v) is 2.51. The summed E-state index contributed by atoms with van der Waals surface area (Å²) in [5, 5.41) is 0. The van der Waals surface area contributed by atoms with Crippen LogP contribution in [0.2, 0.25) is 0 Å². The van der Waals surface area contributed by atoms with Crippen LogP contribution in [0.3, 0.4) is 0 Å². The van der Waals surface area contributed by atoms with Crippen LogP contribution in [0.5, 0.6) is 0 Å². The summed E-state index contributed by atoms with van der Waals surface area (Å²) < 4.78 is 5.34. The lowest BCUT2D eigenvalue weighted by molar-refractivity contribution is -0.117. The fourth-order valence-electron chi connectivity index (χ4n) is 2.51. The smallest absolute Gasteiger partial charge is 0.129 e. The first kappa shape index (κ1) is 10.1. The Balaban J connectivity index is 1.96. The fraction of sp³-hybridized carbons (Fsp3) is 0.909. The van der Waals surface area contributed by atoms with Crippen LogP contribution in [0, 0.1) is 5.41 Å². The van der Waals surface area contributed by atoms with E-state index >= 15 is 0 Å². The molecule has 2 saturated heterocycles. The van der Waals surface area contributed by atoms with Crippen molar-refractivity contribution < 1.29 is 9.53 Å². The van der Waals surface area contributed by atoms with Gasteiger partial charge < -0.3 is 9.53 Å². The van der Waals surface area contributed by atoms with Crippen molar-refractivity contribution in [1.29, 1.82) is 0 Å². The molecule has 0 aromatic heterocycles. The average Bonchev–Trinajstić information content (AvgIpc) is 2.79. The Hall–Kier alpha value is -0.410. The zero-order chi connectivity index (χ0) is 10.0. The Kier molecular flexibility index (Phi) is 2.88. The summed E-state index contributed by atoms with van der Waals surface area (Å²) in [5.41, 5.74) is -0.196. The molecule has 0 bridgehead atoms. The van der Waals surface area contributed by atoms with Crippen molar-refractivity contribution >= 4 is 6.29 Å². The SMILES string of the molecule is CC1CCCN1CC1(C=O)CCOC1. The number of ether oxygens (including phenoxy) is 1. The molecule has 0 aliphatic carbocycles. The van der Waals surface area contributed by atoms with Crippen LogP contribution in [0.15, 0.2) is 0 Å². The molecule has 2 aliphatic rings. The van der Waals surface area contributed by atoms with Crippen LogP contribution in [0.4, 0.5) is 0 Å². The van der Waals surface area contributed by atoms with Gasteiger partial charge in [-0.3, -0.25) is 4.90 Å². The summed E-state index contributed by atoms with van der Waals surface area (Å²) >= 11 is 0. The maximum Gasteiger partial charge on any atom is 0.129 e. The molecule has 14 heavy (non-hydrogen) atoms. The van der Waals surface area contributed by atoms with Gasteiger partial charge in [0.25, 0.3) is 0 Å². The minimum atomic E-state index is -0.196. The highest BCUT2D eigenvalue weighted by atomic mass is 16.5. The predicted octanol–water partition coefficient (Wildman–Crippen LogP) is 1.08. The highest BCUT2D eigenvalue weighted by molar-refractivity contribution is 5.60. The summed E-state index contributed by atoms with van der Waals surface area (Å²) in [6.07, 6.45) is 4.57. The van der Waals surface area contributed by atoms with E-state index in [0.717, 1.165) is 32.4 Å².